The van der Waals surface area contributed by atoms with E-state index in [0.717, 1.165) is 0 Å². The summed E-state index contributed by atoms with van der Waals surface area (Å²) in [5, 5.41) is 4.02. The van der Waals surface area contributed by atoms with E-state index in [-0.39, 0.29) is 0 Å². The van der Waals surface area contributed by atoms with Crippen LogP contribution in [0.3, 0.4) is 0 Å². The van der Waals surface area contributed by atoms with Gasteiger partial charge in [-0.1, -0.05) is 0 Å². The molecule has 0 saturated heterocycles. The molecule has 68 valence electrons. The van der Waals surface area contributed by atoms with Gasteiger partial charge >= 0.3 is 11.4 Å². The van der Waals surface area contributed by atoms with Gasteiger partial charge in [-0.25, -0.2) is 24.0 Å². The Balaban J connectivity index is 3.51. The van der Waals surface area contributed by atoms with Crippen molar-refractivity contribution < 1.29 is 4.21 Å². The van der Waals surface area contributed by atoms with Gasteiger partial charge in [-0.05, 0) is 0 Å². The molecule has 12 heavy (non-hydrogen) atoms. The fourth-order valence-corrected chi connectivity index (χ4v) is 1.12. The summed E-state index contributed by atoms with van der Waals surface area (Å²) in [7, 11) is -2.49. The molecule has 7 nitrogen and oxygen atoms in total. The SMILES string of the molecule is CS(C)(=O)=Nn1c(=O)[nH][nH]c1=O. The summed E-state index contributed by atoms with van der Waals surface area (Å²) in [6.07, 6.45) is 2.65. The molecule has 1 heterocycles. The lowest BCUT2D eigenvalue weighted by Crippen LogP contribution is -2.23. The van der Waals surface area contributed by atoms with Gasteiger partial charge in [-0.2, -0.15) is 0 Å². The molecule has 0 saturated carbocycles. The highest BCUT2D eigenvalue weighted by molar-refractivity contribution is 7.92. The number of aromatic nitrogens is 3. The van der Waals surface area contributed by atoms with Gasteiger partial charge in [-0.3, -0.25) is 0 Å². The van der Waals surface area contributed by atoms with Crippen LogP contribution in [0.2, 0.25) is 0 Å². The van der Waals surface area contributed by atoms with Crippen molar-refractivity contribution >= 4 is 9.73 Å². The molecular weight excluding hydrogens is 184 g/mol. The number of aromatic amines is 2. The van der Waals surface area contributed by atoms with Crippen LogP contribution in [-0.2, 0) is 9.73 Å². The van der Waals surface area contributed by atoms with Gasteiger partial charge in [0, 0.05) is 12.5 Å². The fourth-order valence-electron chi connectivity index (χ4n) is 0.576. The summed E-state index contributed by atoms with van der Waals surface area (Å²) in [5.74, 6) is 0. The second kappa shape index (κ2) is 2.63. The third-order valence-corrected chi connectivity index (χ3v) is 1.50. The van der Waals surface area contributed by atoms with Crippen molar-refractivity contribution in [2.75, 3.05) is 12.5 Å². The van der Waals surface area contributed by atoms with Crippen molar-refractivity contribution in [2.24, 2.45) is 4.47 Å². The van der Waals surface area contributed by atoms with Crippen molar-refractivity contribution in [1.29, 1.82) is 0 Å². The Kier molecular flexibility index (Phi) is 1.92. The summed E-state index contributed by atoms with van der Waals surface area (Å²) in [5.41, 5.74) is -1.45. The summed E-state index contributed by atoms with van der Waals surface area (Å²) in [6, 6.07) is 0. The highest BCUT2D eigenvalue weighted by atomic mass is 32.2. The predicted molar refractivity (Wildman–Crippen MR) is 43.5 cm³/mol. The van der Waals surface area contributed by atoms with Gasteiger partial charge in [0.05, 0.1) is 9.73 Å². The molecule has 1 aromatic heterocycles. The van der Waals surface area contributed by atoms with Gasteiger partial charge in [0.15, 0.2) is 0 Å². The van der Waals surface area contributed by atoms with Crippen LogP contribution in [0.1, 0.15) is 0 Å². The molecule has 2 N–H and O–H groups in total. The zero-order chi connectivity index (χ0) is 9.35. The lowest BCUT2D eigenvalue weighted by Gasteiger charge is -1.90. The zero-order valence-corrected chi connectivity index (χ0v) is 7.34. The van der Waals surface area contributed by atoms with E-state index in [4.69, 9.17) is 0 Å². The lowest BCUT2D eigenvalue weighted by molar-refractivity contribution is 0.675. The Hall–Kier alpha value is -1.31. The van der Waals surface area contributed by atoms with Crippen molar-refractivity contribution in [3.05, 3.63) is 21.0 Å². The largest absolute Gasteiger partial charge is 0.365 e. The molecule has 0 atom stereocenters. The summed E-state index contributed by atoms with van der Waals surface area (Å²) < 4.78 is 15.0. The van der Waals surface area contributed by atoms with Gasteiger partial charge in [0.1, 0.15) is 0 Å². The van der Waals surface area contributed by atoms with E-state index >= 15 is 0 Å². The number of nitrogens with one attached hydrogen (secondary N) is 2. The summed E-state index contributed by atoms with van der Waals surface area (Å²) in [4.78, 5) is 21.5. The van der Waals surface area contributed by atoms with Gasteiger partial charge in [-0.15, -0.1) is 9.15 Å². The Bertz CT molecular complexity index is 461. The molecule has 0 bridgehead atoms. The molecule has 0 fully saturated rings. The monoisotopic (exact) mass is 192 g/mol. The molecule has 0 aliphatic rings. The first kappa shape index (κ1) is 8.78. The smallest absolute Gasteiger partial charge is 0.248 e. The molecule has 0 radical (unpaired) electrons. The molecule has 1 rings (SSSR count). The third-order valence-electron chi connectivity index (χ3n) is 0.939. The minimum atomic E-state index is -2.49. The van der Waals surface area contributed by atoms with Crippen LogP contribution in [0.25, 0.3) is 0 Å². The number of hydrogen-bond donors (Lipinski definition) is 2. The maximum absolute atomic E-state index is 11.1. The molecule has 0 aliphatic carbocycles. The number of rotatable bonds is 1. The normalized spacial score (nSPS) is 11.5. The van der Waals surface area contributed by atoms with Gasteiger partial charge < -0.3 is 0 Å². The first-order valence-corrected chi connectivity index (χ1v) is 5.30. The maximum atomic E-state index is 11.1. The van der Waals surface area contributed by atoms with Crippen LogP contribution in [0, 0.1) is 0 Å². The van der Waals surface area contributed by atoms with E-state index in [1.54, 1.807) is 0 Å². The first-order valence-electron chi connectivity index (χ1n) is 2.97. The zero-order valence-electron chi connectivity index (χ0n) is 6.53. The molecule has 0 aliphatic heterocycles. The Morgan fingerprint density at radius 2 is 1.67 bits per heavy atom. The van der Waals surface area contributed by atoms with E-state index in [2.05, 4.69) is 4.47 Å². The number of nitrogens with zero attached hydrogens (tertiary/aromatic N) is 2. The van der Waals surface area contributed by atoms with Crippen LogP contribution in [-0.4, -0.2) is 31.6 Å². The van der Waals surface area contributed by atoms with Crippen LogP contribution < -0.4 is 11.4 Å². The topological polar surface area (TPSA) is 100 Å². The van der Waals surface area contributed by atoms with E-state index in [0.29, 0.717) is 4.68 Å². The standard InChI is InChI=1S/C4H8N4O3S/c1-12(2,11)7-8-3(9)5-6-4(8)10/h1-2H3,(H,5,9)(H,6,10). The fraction of sp³-hybridized carbons (Fsp3) is 0.500. The van der Waals surface area contributed by atoms with Crippen LogP contribution in [0.5, 0.6) is 0 Å². The van der Waals surface area contributed by atoms with E-state index < -0.39 is 21.1 Å². The average Bonchev–Trinajstić information content (AvgIpc) is 2.16. The van der Waals surface area contributed by atoms with E-state index in [1.807, 2.05) is 10.2 Å². The average molecular weight is 192 g/mol. The molecule has 0 spiro atoms. The Labute approximate surface area is 67.6 Å². The quantitative estimate of drug-likeness (QED) is 0.557. The molecule has 0 amide bonds. The predicted octanol–water partition coefficient (Wildman–Crippen LogP) is -1.64. The Morgan fingerprint density at radius 3 is 2.00 bits per heavy atom. The van der Waals surface area contributed by atoms with Crippen LogP contribution in [0.4, 0.5) is 0 Å². The summed E-state index contributed by atoms with van der Waals surface area (Å²) >= 11 is 0. The minimum absolute atomic E-state index is 0.502. The van der Waals surface area contributed by atoms with Crippen molar-refractivity contribution in [3.8, 4) is 0 Å². The van der Waals surface area contributed by atoms with Crippen molar-refractivity contribution in [3.63, 3.8) is 0 Å². The van der Waals surface area contributed by atoms with Crippen molar-refractivity contribution in [1.82, 2.24) is 14.9 Å². The number of hydrogen-bond acceptors (Lipinski definition) is 4. The maximum Gasteiger partial charge on any atom is 0.365 e. The molecule has 8 heteroatoms. The lowest BCUT2D eigenvalue weighted by atomic mass is 11.2. The van der Waals surface area contributed by atoms with Gasteiger partial charge in [0.2, 0.25) is 0 Å². The highest BCUT2D eigenvalue weighted by Crippen LogP contribution is 1.80. The Morgan fingerprint density at radius 1 is 1.25 bits per heavy atom. The van der Waals surface area contributed by atoms with Crippen molar-refractivity contribution in [2.45, 2.75) is 0 Å². The van der Waals surface area contributed by atoms with Crippen LogP contribution in [0.15, 0.2) is 14.1 Å². The number of H-pyrrole nitrogens is 2. The molecule has 0 unspecified atom stereocenters. The minimum Gasteiger partial charge on any atom is -0.248 e. The second-order valence-electron chi connectivity index (χ2n) is 2.44. The second-order valence-corrected chi connectivity index (χ2v) is 4.96. The molecule has 1 aromatic rings. The first-order chi connectivity index (χ1) is 5.40. The third kappa shape index (κ3) is 1.84. The van der Waals surface area contributed by atoms with E-state index in [1.165, 1.54) is 12.5 Å². The van der Waals surface area contributed by atoms with Gasteiger partial charge in [0.25, 0.3) is 0 Å². The highest BCUT2D eigenvalue weighted by Gasteiger charge is 2.01. The van der Waals surface area contributed by atoms with E-state index in [9.17, 15) is 13.8 Å². The molecule has 0 aromatic carbocycles. The molecular formula is C4H8N4O3S. The van der Waals surface area contributed by atoms with Crippen LogP contribution >= 0.6 is 0 Å². The summed E-state index contributed by atoms with van der Waals surface area (Å²) in [6.45, 7) is 0.